The zero-order chi connectivity index (χ0) is 10.6. The van der Waals surface area contributed by atoms with E-state index in [2.05, 4.69) is 6.92 Å². The molecule has 1 aliphatic rings. The number of aliphatic hydroxyl groups excluding tert-OH is 1. The Bertz CT molecular complexity index is 191. The lowest BCUT2D eigenvalue weighted by Crippen LogP contribution is -2.39. The molecule has 0 aromatic rings. The van der Waals surface area contributed by atoms with Crippen LogP contribution in [0.15, 0.2) is 0 Å². The first-order valence-corrected chi connectivity index (χ1v) is 5.53. The lowest BCUT2D eigenvalue weighted by molar-refractivity contribution is -0.169. The summed E-state index contributed by atoms with van der Waals surface area (Å²) in [4.78, 5) is 11.3. The fraction of sp³-hybridized carbons (Fsp3) is 0.909. The number of hydrogen-bond acceptors (Lipinski definition) is 3. The quantitative estimate of drug-likeness (QED) is 0.556. The Kier molecular flexibility index (Phi) is 4.39. The molecule has 0 saturated carbocycles. The van der Waals surface area contributed by atoms with E-state index in [4.69, 9.17) is 4.74 Å². The summed E-state index contributed by atoms with van der Waals surface area (Å²) in [7, 11) is 0. The van der Waals surface area contributed by atoms with E-state index < -0.39 is 6.10 Å². The molecule has 0 aromatic heterocycles. The Morgan fingerprint density at radius 2 is 2.21 bits per heavy atom. The largest absolute Gasteiger partial charge is 0.462 e. The molecule has 0 unspecified atom stereocenters. The number of esters is 1. The number of carbonyl (C=O) groups excluding carboxylic acids is 1. The number of aliphatic hydroxyl groups is 1. The van der Waals surface area contributed by atoms with Gasteiger partial charge in [-0.1, -0.05) is 19.8 Å². The van der Waals surface area contributed by atoms with Crippen LogP contribution in [0.2, 0.25) is 0 Å². The van der Waals surface area contributed by atoms with E-state index in [1.807, 2.05) is 0 Å². The molecule has 1 heterocycles. The molecule has 0 aliphatic carbocycles. The van der Waals surface area contributed by atoms with Gasteiger partial charge in [-0.2, -0.15) is 0 Å². The zero-order valence-electron chi connectivity index (χ0n) is 9.03. The van der Waals surface area contributed by atoms with Crippen molar-refractivity contribution < 1.29 is 14.6 Å². The maximum atomic E-state index is 11.3. The minimum Gasteiger partial charge on any atom is -0.462 e. The molecule has 82 valence electrons. The standard InChI is InChI=1S/C11H20O3/c1-3-4-5-6-9-7-10(12)8(2)11(13)14-9/h8-10,12H,3-7H2,1-2H3/t8-,9+,10+/m1/s1. The lowest BCUT2D eigenvalue weighted by Gasteiger charge is -2.30. The van der Waals surface area contributed by atoms with E-state index >= 15 is 0 Å². The van der Waals surface area contributed by atoms with Crippen LogP contribution in [0.4, 0.5) is 0 Å². The molecule has 1 N–H and O–H groups in total. The second kappa shape index (κ2) is 5.35. The molecule has 1 fully saturated rings. The Morgan fingerprint density at radius 1 is 1.50 bits per heavy atom. The molecule has 14 heavy (non-hydrogen) atoms. The summed E-state index contributed by atoms with van der Waals surface area (Å²) in [6, 6.07) is 0. The summed E-state index contributed by atoms with van der Waals surface area (Å²) in [5.41, 5.74) is 0. The Balaban J connectivity index is 2.31. The highest BCUT2D eigenvalue weighted by atomic mass is 16.5. The molecular weight excluding hydrogens is 180 g/mol. The number of unbranched alkanes of at least 4 members (excludes halogenated alkanes) is 2. The van der Waals surface area contributed by atoms with Crippen molar-refractivity contribution in [1.82, 2.24) is 0 Å². The Morgan fingerprint density at radius 3 is 2.79 bits per heavy atom. The summed E-state index contributed by atoms with van der Waals surface area (Å²) in [6.07, 6.45) is 4.35. The summed E-state index contributed by atoms with van der Waals surface area (Å²) in [5, 5.41) is 9.57. The van der Waals surface area contributed by atoms with Gasteiger partial charge in [-0.3, -0.25) is 4.79 Å². The minimum absolute atomic E-state index is 0.0553. The SMILES string of the molecule is CCCCC[C@H]1C[C@H](O)[C@@H](C)C(=O)O1. The molecule has 0 amide bonds. The Hall–Kier alpha value is -0.570. The van der Waals surface area contributed by atoms with Crippen molar-refractivity contribution in [1.29, 1.82) is 0 Å². The molecule has 0 bridgehead atoms. The van der Waals surface area contributed by atoms with Crippen LogP contribution < -0.4 is 0 Å². The van der Waals surface area contributed by atoms with Crippen LogP contribution in [0.5, 0.6) is 0 Å². The van der Waals surface area contributed by atoms with E-state index in [1.54, 1.807) is 6.92 Å². The van der Waals surface area contributed by atoms with Crippen LogP contribution in [0, 0.1) is 5.92 Å². The van der Waals surface area contributed by atoms with Gasteiger partial charge in [0, 0.05) is 6.42 Å². The molecule has 3 nitrogen and oxygen atoms in total. The molecule has 3 atom stereocenters. The first-order chi connectivity index (χ1) is 6.65. The van der Waals surface area contributed by atoms with Crippen LogP contribution in [0.25, 0.3) is 0 Å². The molecule has 1 saturated heterocycles. The Labute approximate surface area is 85.5 Å². The molecular formula is C11H20O3. The van der Waals surface area contributed by atoms with Gasteiger partial charge in [0.2, 0.25) is 0 Å². The summed E-state index contributed by atoms with van der Waals surface area (Å²) >= 11 is 0. The second-order valence-electron chi connectivity index (χ2n) is 4.15. The van der Waals surface area contributed by atoms with Crippen molar-refractivity contribution in [3.63, 3.8) is 0 Å². The minimum atomic E-state index is -0.511. The van der Waals surface area contributed by atoms with E-state index in [-0.39, 0.29) is 18.0 Å². The van der Waals surface area contributed by atoms with Crippen molar-refractivity contribution >= 4 is 5.97 Å². The lowest BCUT2D eigenvalue weighted by atomic mass is 9.93. The molecule has 1 aliphatic heterocycles. The van der Waals surface area contributed by atoms with E-state index in [0.29, 0.717) is 6.42 Å². The van der Waals surface area contributed by atoms with E-state index in [0.717, 1.165) is 12.8 Å². The van der Waals surface area contributed by atoms with Gasteiger partial charge < -0.3 is 9.84 Å². The van der Waals surface area contributed by atoms with Crippen molar-refractivity contribution in [3.8, 4) is 0 Å². The van der Waals surface area contributed by atoms with Gasteiger partial charge in [0.25, 0.3) is 0 Å². The van der Waals surface area contributed by atoms with Gasteiger partial charge in [0.15, 0.2) is 0 Å². The van der Waals surface area contributed by atoms with Crippen molar-refractivity contribution in [2.75, 3.05) is 0 Å². The highest BCUT2D eigenvalue weighted by Gasteiger charge is 2.33. The third-order valence-corrected chi connectivity index (χ3v) is 2.87. The van der Waals surface area contributed by atoms with Gasteiger partial charge in [0.05, 0.1) is 12.0 Å². The van der Waals surface area contributed by atoms with Gasteiger partial charge in [0.1, 0.15) is 6.10 Å². The fourth-order valence-electron chi connectivity index (χ4n) is 1.75. The summed E-state index contributed by atoms with van der Waals surface area (Å²) in [6.45, 7) is 3.86. The predicted molar refractivity (Wildman–Crippen MR) is 53.8 cm³/mol. The van der Waals surface area contributed by atoms with Crippen LogP contribution in [-0.2, 0) is 9.53 Å². The smallest absolute Gasteiger partial charge is 0.311 e. The normalized spacial score (nSPS) is 32.8. The zero-order valence-corrected chi connectivity index (χ0v) is 9.03. The van der Waals surface area contributed by atoms with Crippen molar-refractivity contribution in [2.45, 2.75) is 58.2 Å². The van der Waals surface area contributed by atoms with Crippen LogP contribution >= 0.6 is 0 Å². The van der Waals surface area contributed by atoms with Crippen molar-refractivity contribution in [3.05, 3.63) is 0 Å². The van der Waals surface area contributed by atoms with Crippen LogP contribution in [-0.4, -0.2) is 23.3 Å². The van der Waals surface area contributed by atoms with E-state index in [1.165, 1.54) is 12.8 Å². The van der Waals surface area contributed by atoms with Gasteiger partial charge in [-0.25, -0.2) is 0 Å². The van der Waals surface area contributed by atoms with Crippen LogP contribution in [0.1, 0.15) is 46.0 Å². The molecule has 0 radical (unpaired) electrons. The first-order valence-electron chi connectivity index (χ1n) is 5.53. The van der Waals surface area contributed by atoms with Crippen molar-refractivity contribution in [2.24, 2.45) is 5.92 Å². The number of ether oxygens (including phenoxy) is 1. The molecule has 3 heteroatoms. The fourth-order valence-corrected chi connectivity index (χ4v) is 1.75. The predicted octanol–water partition coefficient (Wildman–Crippen LogP) is 1.88. The van der Waals surface area contributed by atoms with E-state index in [9.17, 15) is 9.90 Å². The topological polar surface area (TPSA) is 46.5 Å². The molecule has 1 rings (SSSR count). The first kappa shape index (κ1) is 11.5. The molecule has 0 spiro atoms. The van der Waals surface area contributed by atoms with Gasteiger partial charge in [-0.05, 0) is 19.8 Å². The third kappa shape index (κ3) is 2.98. The average molecular weight is 200 g/mol. The number of carbonyl (C=O) groups is 1. The van der Waals surface area contributed by atoms with Gasteiger partial charge in [-0.15, -0.1) is 0 Å². The van der Waals surface area contributed by atoms with Crippen LogP contribution in [0.3, 0.4) is 0 Å². The number of cyclic esters (lactones) is 1. The number of hydrogen-bond donors (Lipinski definition) is 1. The molecule has 0 aromatic carbocycles. The third-order valence-electron chi connectivity index (χ3n) is 2.87. The summed E-state index contributed by atoms with van der Waals surface area (Å²) in [5.74, 6) is -0.595. The second-order valence-corrected chi connectivity index (χ2v) is 4.15. The maximum Gasteiger partial charge on any atom is 0.311 e. The van der Waals surface area contributed by atoms with Gasteiger partial charge >= 0.3 is 5.97 Å². The number of rotatable bonds is 4. The monoisotopic (exact) mass is 200 g/mol. The summed E-state index contributed by atoms with van der Waals surface area (Å²) < 4.78 is 5.22. The highest BCUT2D eigenvalue weighted by Crippen LogP contribution is 2.23. The maximum absolute atomic E-state index is 11.3. The highest BCUT2D eigenvalue weighted by molar-refractivity contribution is 5.73. The average Bonchev–Trinajstić information content (AvgIpc) is 2.14.